The van der Waals surface area contributed by atoms with Crippen molar-refractivity contribution in [3.8, 4) is 5.75 Å². The molecule has 11 heteroatoms. The van der Waals surface area contributed by atoms with Crippen LogP contribution in [-0.2, 0) is 16.5 Å². The Hall–Kier alpha value is -2.49. The number of aliphatic hydroxyl groups is 1. The first-order chi connectivity index (χ1) is 14.4. The van der Waals surface area contributed by atoms with Crippen LogP contribution >= 0.6 is 23.2 Å². The second-order valence-electron chi connectivity index (χ2n) is 7.06. The predicted octanol–water partition coefficient (Wildman–Crippen LogP) is 4.22. The molecule has 0 radical (unpaired) electrons. The number of para-hydroxylation sites is 1. The lowest BCUT2D eigenvalue weighted by atomic mass is 9.91. The van der Waals surface area contributed by atoms with E-state index < -0.39 is 41.9 Å². The monoisotopic (exact) mass is 476 g/mol. The number of nitrogens with zero attached hydrogens (tertiary/aromatic N) is 1. The van der Waals surface area contributed by atoms with Gasteiger partial charge in [-0.15, -0.1) is 0 Å². The van der Waals surface area contributed by atoms with Crippen LogP contribution in [0.2, 0.25) is 10.0 Å². The number of nitrogens with one attached hydrogen (secondary N) is 1. The molecule has 1 fully saturated rings. The van der Waals surface area contributed by atoms with Gasteiger partial charge in [-0.2, -0.15) is 13.2 Å². The number of carbonyl (C=O) groups is 2. The van der Waals surface area contributed by atoms with Crippen LogP contribution in [0.1, 0.15) is 18.1 Å². The summed E-state index contributed by atoms with van der Waals surface area (Å²) in [6.45, 7) is 0.669. The number of carbonyl (C=O) groups excluding carboxylic acids is 2. The Bertz CT molecular complexity index is 981. The van der Waals surface area contributed by atoms with Crippen molar-refractivity contribution in [2.75, 3.05) is 13.2 Å². The van der Waals surface area contributed by atoms with Crippen LogP contribution in [0.25, 0.3) is 0 Å². The minimum atomic E-state index is -4.52. The Kier molecular flexibility index (Phi) is 6.40. The molecule has 0 saturated carbocycles. The number of ether oxygens (including phenoxy) is 1. The molecule has 1 heterocycles. The van der Waals surface area contributed by atoms with Crippen molar-refractivity contribution in [3.05, 3.63) is 63.6 Å². The van der Waals surface area contributed by atoms with Gasteiger partial charge in [0.15, 0.2) is 5.75 Å². The van der Waals surface area contributed by atoms with Gasteiger partial charge in [0, 0.05) is 0 Å². The van der Waals surface area contributed by atoms with Gasteiger partial charge in [0.25, 0.3) is 5.91 Å². The maximum absolute atomic E-state index is 12.9. The molecule has 1 saturated heterocycles. The normalized spacial score (nSPS) is 20.0. The van der Waals surface area contributed by atoms with Gasteiger partial charge in [0.05, 0.1) is 22.2 Å². The molecule has 2 atom stereocenters. The molecule has 2 aromatic rings. The molecule has 2 unspecified atom stereocenters. The van der Waals surface area contributed by atoms with Crippen LogP contribution < -0.4 is 10.1 Å². The Morgan fingerprint density at radius 2 is 1.71 bits per heavy atom. The van der Waals surface area contributed by atoms with E-state index in [1.54, 1.807) is 18.2 Å². The maximum atomic E-state index is 12.9. The zero-order valence-corrected chi connectivity index (χ0v) is 17.6. The average molecular weight is 477 g/mol. The smallest absolute Gasteiger partial charge is 0.416 e. The molecule has 0 spiro atoms. The summed E-state index contributed by atoms with van der Waals surface area (Å²) in [5, 5.41) is 13.2. The fourth-order valence-electron chi connectivity index (χ4n) is 3.11. The van der Waals surface area contributed by atoms with Crippen LogP contribution in [0.15, 0.2) is 42.5 Å². The number of urea groups is 1. The molecule has 1 aliphatic heterocycles. The largest absolute Gasteiger partial charge is 0.488 e. The van der Waals surface area contributed by atoms with Gasteiger partial charge < -0.3 is 15.2 Å². The number of aliphatic hydroxyl groups excluding tert-OH is 1. The number of halogens is 5. The van der Waals surface area contributed by atoms with Crippen LogP contribution in [0, 0.1) is 0 Å². The van der Waals surface area contributed by atoms with E-state index in [9.17, 15) is 27.9 Å². The third-order valence-electron chi connectivity index (χ3n) is 4.80. The van der Waals surface area contributed by atoms with Crippen LogP contribution in [-0.4, -0.2) is 41.2 Å². The lowest BCUT2D eigenvalue weighted by Crippen LogP contribution is -2.42. The molecule has 3 rings (SSSR count). The Balaban J connectivity index is 1.69. The number of rotatable bonds is 6. The minimum absolute atomic E-state index is 0.150. The molecule has 0 aliphatic carbocycles. The zero-order chi connectivity index (χ0) is 23.0. The fraction of sp³-hybridized carbons (Fsp3) is 0.300. The van der Waals surface area contributed by atoms with Crippen molar-refractivity contribution in [1.29, 1.82) is 0 Å². The van der Waals surface area contributed by atoms with E-state index in [0.717, 1.165) is 29.2 Å². The van der Waals surface area contributed by atoms with Crippen molar-refractivity contribution in [3.63, 3.8) is 0 Å². The van der Waals surface area contributed by atoms with Crippen molar-refractivity contribution in [2.24, 2.45) is 0 Å². The van der Waals surface area contributed by atoms with Crippen molar-refractivity contribution >= 4 is 35.1 Å². The zero-order valence-electron chi connectivity index (χ0n) is 16.0. The van der Waals surface area contributed by atoms with Crippen LogP contribution in [0.3, 0.4) is 0 Å². The Labute approximate surface area is 185 Å². The standard InChI is InChI=1S/C20H17Cl2F3N2O4/c1-19(11-5-7-12(8-6-11)20(23,24)25)17(29)27(18(30)26-19)9-13(28)10-31-16-14(21)3-2-4-15(16)22/h2-8,13,28H,9-10H2,1H3,(H,26,30). The summed E-state index contributed by atoms with van der Waals surface area (Å²) in [6, 6.07) is 7.83. The molecular formula is C20H17Cl2F3N2O4. The van der Waals surface area contributed by atoms with Crippen LogP contribution in [0.5, 0.6) is 5.75 Å². The highest BCUT2D eigenvalue weighted by atomic mass is 35.5. The van der Waals surface area contributed by atoms with Gasteiger partial charge in [-0.1, -0.05) is 41.4 Å². The number of hydrogen-bond acceptors (Lipinski definition) is 4. The third-order valence-corrected chi connectivity index (χ3v) is 5.39. The summed E-state index contributed by atoms with van der Waals surface area (Å²) in [5.41, 5.74) is -2.28. The van der Waals surface area contributed by atoms with Gasteiger partial charge in [-0.25, -0.2) is 4.79 Å². The molecule has 31 heavy (non-hydrogen) atoms. The minimum Gasteiger partial charge on any atom is -0.488 e. The number of alkyl halides is 3. The average Bonchev–Trinajstić information content (AvgIpc) is 2.91. The summed E-state index contributed by atoms with van der Waals surface area (Å²) in [6.07, 6.45) is -5.79. The van der Waals surface area contributed by atoms with Gasteiger partial charge in [0.1, 0.15) is 18.2 Å². The number of amides is 3. The highest BCUT2D eigenvalue weighted by Gasteiger charge is 2.49. The topological polar surface area (TPSA) is 78.9 Å². The first-order valence-corrected chi connectivity index (χ1v) is 9.76. The highest BCUT2D eigenvalue weighted by molar-refractivity contribution is 6.37. The highest BCUT2D eigenvalue weighted by Crippen LogP contribution is 2.34. The van der Waals surface area contributed by atoms with E-state index in [1.807, 2.05) is 0 Å². The SMILES string of the molecule is CC1(c2ccc(C(F)(F)F)cc2)NC(=O)N(CC(O)COc2c(Cl)cccc2Cl)C1=O. The lowest BCUT2D eigenvalue weighted by Gasteiger charge is -2.23. The van der Waals surface area contributed by atoms with Crippen molar-refractivity contribution in [2.45, 2.75) is 24.7 Å². The number of imide groups is 1. The van der Waals surface area contributed by atoms with E-state index in [0.29, 0.717) is 0 Å². The summed E-state index contributed by atoms with van der Waals surface area (Å²) in [5.74, 6) is -0.566. The van der Waals surface area contributed by atoms with Gasteiger partial charge in [-0.05, 0) is 36.8 Å². The molecule has 2 aromatic carbocycles. The van der Waals surface area contributed by atoms with E-state index in [-0.39, 0.29) is 28.0 Å². The van der Waals surface area contributed by atoms with Gasteiger partial charge in [-0.3, -0.25) is 9.69 Å². The van der Waals surface area contributed by atoms with E-state index in [1.165, 1.54) is 6.92 Å². The molecular weight excluding hydrogens is 460 g/mol. The molecule has 6 nitrogen and oxygen atoms in total. The van der Waals surface area contributed by atoms with Crippen molar-refractivity contribution in [1.82, 2.24) is 10.2 Å². The molecule has 2 N–H and O–H groups in total. The summed E-state index contributed by atoms with van der Waals surface area (Å²) in [4.78, 5) is 26.0. The fourth-order valence-corrected chi connectivity index (χ4v) is 3.62. The summed E-state index contributed by atoms with van der Waals surface area (Å²) >= 11 is 12.0. The van der Waals surface area contributed by atoms with Gasteiger partial charge >= 0.3 is 12.2 Å². The number of benzene rings is 2. The quantitative estimate of drug-likeness (QED) is 0.611. The van der Waals surface area contributed by atoms with Crippen LogP contribution in [0.4, 0.5) is 18.0 Å². The summed E-state index contributed by atoms with van der Waals surface area (Å²) < 4.78 is 43.7. The first kappa shape index (κ1) is 23.2. The molecule has 166 valence electrons. The van der Waals surface area contributed by atoms with E-state index in [4.69, 9.17) is 27.9 Å². The Morgan fingerprint density at radius 3 is 2.26 bits per heavy atom. The predicted molar refractivity (Wildman–Crippen MR) is 107 cm³/mol. The number of β-amino-alcohol motifs (C(OH)–C–C–N with tert-alkyl or cyclic N) is 1. The number of hydrogen-bond donors (Lipinski definition) is 2. The second-order valence-corrected chi connectivity index (χ2v) is 7.88. The first-order valence-electron chi connectivity index (χ1n) is 9.00. The second kappa shape index (κ2) is 8.57. The Morgan fingerprint density at radius 1 is 1.13 bits per heavy atom. The maximum Gasteiger partial charge on any atom is 0.416 e. The molecule has 1 aliphatic rings. The molecule has 0 bridgehead atoms. The van der Waals surface area contributed by atoms with E-state index >= 15 is 0 Å². The van der Waals surface area contributed by atoms with Crippen molar-refractivity contribution < 1.29 is 32.6 Å². The molecule has 0 aromatic heterocycles. The van der Waals surface area contributed by atoms with Gasteiger partial charge in [0.2, 0.25) is 0 Å². The third kappa shape index (κ3) is 4.73. The summed E-state index contributed by atoms with van der Waals surface area (Å²) in [7, 11) is 0. The molecule has 3 amide bonds. The lowest BCUT2D eigenvalue weighted by molar-refractivity contribution is -0.137. The van der Waals surface area contributed by atoms with E-state index in [2.05, 4.69) is 5.32 Å².